The van der Waals surface area contributed by atoms with Gasteiger partial charge in [-0.25, -0.2) is 4.39 Å². The SMILES string of the molecule is Cc1ccc(C(=O)N2CCN(Cc3cccc(C(F)(F)F)c3)CC2)cc1F. The van der Waals surface area contributed by atoms with Crippen molar-refractivity contribution < 1.29 is 22.4 Å². The molecule has 0 unspecified atom stereocenters. The van der Waals surface area contributed by atoms with Gasteiger partial charge in [-0.05, 0) is 36.2 Å². The Kier molecular flexibility index (Phi) is 5.51. The standard InChI is InChI=1S/C20H20F4N2O/c1-14-5-6-16(12-18(14)21)19(27)26-9-7-25(8-10-26)13-15-3-2-4-17(11-15)20(22,23)24/h2-6,11-12H,7-10,13H2,1H3. The number of nitrogens with zero attached hydrogens (tertiary/aromatic N) is 2. The summed E-state index contributed by atoms with van der Waals surface area (Å²) < 4.78 is 52.1. The van der Waals surface area contributed by atoms with Crippen molar-refractivity contribution in [2.75, 3.05) is 26.2 Å². The van der Waals surface area contributed by atoms with Gasteiger partial charge in [-0.2, -0.15) is 13.2 Å². The Bertz CT molecular complexity index is 827. The van der Waals surface area contributed by atoms with E-state index in [1.165, 1.54) is 12.1 Å². The Labute approximate surface area is 155 Å². The fourth-order valence-corrected chi connectivity index (χ4v) is 3.12. The highest BCUT2D eigenvalue weighted by atomic mass is 19.4. The second kappa shape index (κ2) is 7.68. The lowest BCUT2D eigenvalue weighted by Crippen LogP contribution is -2.48. The Morgan fingerprint density at radius 3 is 2.37 bits per heavy atom. The van der Waals surface area contributed by atoms with Gasteiger partial charge in [-0.1, -0.05) is 24.3 Å². The molecule has 1 fully saturated rings. The zero-order valence-electron chi connectivity index (χ0n) is 14.9. The molecule has 7 heteroatoms. The summed E-state index contributed by atoms with van der Waals surface area (Å²) in [4.78, 5) is 16.2. The number of carbonyl (C=O) groups is 1. The fraction of sp³-hybridized carbons (Fsp3) is 0.350. The summed E-state index contributed by atoms with van der Waals surface area (Å²) in [6.45, 7) is 4.04. The number of halogens is 4. The van der Waals surface area contributed by atoms with Crippen LogP contribution < -0.4 is 0 Å². The average molecular weight is 380 g/mol. The minimum Gasteiger partial charge on any atom is -0.336 e. The van der Waals surface area contributed by atoms with E-state index in [1.807, 2.05) is 4.90 Å². The fourth-order valence-electron chi connectivity index (χ4n) is 3.12. The molecule has 0 radical (unpaired) electrons. The van der Waals surface area contributed by atoms with E-state index in [-0.39, 0.29) is 5.91 Å². The number of hydrogen-bond donors (Lipinski definition) is 0. The zero-order chi connectivity index (χ0) is 19.6. The van der Waals surface area contributed by atoms with Gasteiger partial charge in [0, 0.05) is 38.3 Å². The molecule has 1 aliphatic heterocycles. The van der Waals surface area contributed by atoms with Crippen LogP contribution in [0.4, 0.5) is 17.6 Å². The van der Waals surface area contributed by atoms with Crippen LogP contribution in [0.1, 0.15) is 27.0 Å². The molecular weight excluding hydrogens is 360 g/mol. The first-order valence-corrected chi connectivity index (χ1v) is 8.68. The molecule has 0 bridgehead atoms. The monoisotopic (exact) mass is 380 g/mol. The third kappa shape index (κ3) is 4.66. The molecular formula is C20H20F4N2O. The molecule has 1 heterocycles. The third-order valence-electron chi connectivity index (χ3n) is 4.74. The molecule has 3 nitrogen and oxygen atoms in total. The highest BCUT2D eigenvalue weighted by molar-refractivity contribution is 5.94. The number of hydrogen-bond acceptors (Lipinski definition) is 2. The topological polar surface area (TPSA) is 23.6 Å². The van der Waals surface area contributed by atoms with E-state index in [9.17, 15) is 22.4 Å². The van der Waals surface area contributed by atoms with E-state index >= 15 is 0 Å². The maximum atomic E-state index is 13.7. The first kappa shape index (κ1) is 19.4. The lowest BCUT2D eigenvalue weighted by atomic mass is 10.1. The van der Waals surface area contributed by atoms with Gasteiger partial charge in [0.1, 0.15) is 5.82 Å². The van der Waals surface area contributed by atoms with Crippen LogP contribution in [0.3, 0.4) is 0 Å². The van der Waals surface area contributed by atoms with E-state index in [1.54, 1.807) is 30.0 Å². The van der Waals surface area contributed by atoms with Gasteiger partial charge in [0.25, 0.3) is 5.91 Å². The van der Waals surface area contributed by atoms with Crippen LogP contribution in [0.25, 0.3) is 0 Å². The largest absolute Gasteiger partial charge is 0.416 e. The van der Waals surface area contributed by atoms with Gasteiger partial charge in [0.05, 0.1) is 5.56 Å². The first-order chi connectivity index (χ1) is 12.7. The summed E-state index contributed by atoms with van der Waals surface area (Å²) in [6, 6.07) is 9.72. The van der Waals surface area contributed by atoms with Crippen molar-refractivity contribution in [3.63, 3.8) is 0 Å². The van der Waals surface area contributed by atoms with Crippen LogP contribution in [0, 0.1) is 12.7 Å². The summed E-state index contributed by atoms with van der Waals surface area (Å²) in [5.41, 5.74) is 0.724. The summed E-state index contributed by atoms with van der Waals surface area (Å²) >= 11 is 0. The quantitative estimate of drug-likeness (QED) is 0.749. The summed E-state index contributed by atoms with van der Waals surface area (Å²) in [6.07, 6.45) is -4.36. The normalized spacial score (nSPS) is 15.8. The van der Waals surface area contributed by atoms with Crippen LogP contribution >= 0.6 is 0 Å². The van der Waals surface area contributed by atoms with Crippen LogP contribution in [0.2, 0.25) is 0 Å². The molecule has 1 aliphatic rings. The van der Waals surface area contributed by atoms with E-state index in [2.05, 4.69) is 0 Å². The number of alkyl halides is 3. The van der Waals surface area contributed by atoms with Crippen molar-refractivity contribution in [1.82, 2.24) is 9.80 Å². The number of benzene rings is 2. The van der Waals surface area contributed by atoms with Crippen molar-refractivity contribution >= 4 is 5.91 Å². The molecule has 1 amide bonds. The van der Waals surface area contributed by atoms with E-state index in [0.29, 0.717) is 49.4 Å². The zero-order valence-corrected chi connectivity index (χ0v) is 14.9. The lowest BCUT2D eigenvalue weighted by molar-refractivity contribution is -0.137. The Morgan fingerprint density at radius 2 is 1.74 bits per heavy atom. The van der Waals surface area contributed by atoms with Gasteiger partial charge >= 0.3 is 6.18 Å². The molecule has 1 saturated heterocycles. The summed E-state index contributed by atoms with van der Waals surface area (Å²) in [5.74, 6) is -0.642. The Balaban J connectivity index is 1.59. The van der Waals surface area contributed by atoms with Gasteiger partial charge in [0.15, 0.2) is 0 Å². The van der Waals surface area contributed by atoms with Crippen molar-refractivity contribution in [2.24, 2.45) is 0 Å². The van der Waals surface area contributed by atoms with E-state index in [4.69, 9.17) is 0 Å². The lowest BCUT2D eigenvalue weighted by Gasteiger charge is -2.35. The Morgan fingerprint density at radius 1 is 1.04 bits per heavy atom. The third-order valence-corrected chi connectivity index (χ3v) is 4.74. The number of aryl methyl sites for hydroxylation is 1. The van der Waals surface area contributed by atoms with Crippen LogP contribution in [0.5, 0.6) is 0 Å². The van der Waals surface area contributed by atoms with Crippen molar-refractivity contribution in [2.45, 2.75) is 19.6 Å². The second-order valence-corrected chi connectivity index (χ2v) is 6.73. The van der Waals surface area contributed by atoms with Crippen LogP contribution in [-0.4, -0.2) is 41.9 Å². The molecule has 144 valence electrons. The summed E-state index contributed by atoms with van der Waals surface area (Å²) in [7, 11) is 0. The van der Waals surface area contributed by atoms with Gasteiger partial charge in [-0.15, -0.1) is 0 Å². The molecule has 27 heavy (non-hydrogen) atoms. The number of carbonyl (C=O) groups excluding carboxylic acids is 1. The van der Waals surface area contributed by atoms with Crippen LogP contribution in [0.15, 0.2) is 42.5 Å². The van der Waals surface area contributed by atoms with Gasteiger partial charge in [0.2, 0.25) is 0 Å². The molecule has 3 rings (SSSR count). The van der Waals surface area contributed by atoms with Crippen molar-refractivity contribution in [3.8, 4) is 0 Å². The van der Waals surface area contributed by atoms with Crippen molar-refractivity contribution in [3.05, 3.63) is 70.5 Å². The molecule has 2 aromatic rings. The maximum absolute atomic E-state index is 13.7. The Hall–Kier alpha value is -2.41. The number of rotatable bonds is 3. The molecule has 0 atom stereocenters. The minimum atomic E-state index is -4.36. The van der Waals surface area contributed by atoms with Crippen molar-refractivity contribution in [1.29, 1.82) is 0 Å². The van der Waals surface area contributed by atoms with E-state index in [0.717, 1.165) is 12.1 Å². The van der Waals surface area contributed by atoms with Gasteiger partial charge in [-0.3, -0.25) is 9.69 Å². The second-order valence-electron chi connectivity index (χ2n) is 6.73. The predicted octanol–water partition coefficient (Wildman–Crippen LogP) is 4.11. The molecule has 0 saturated carbocycles. The van der Waals surface area contributed by atoms with Gasteiger partial charge < -0.3 is 4.90 Å². The van der Waals surface area contributed by atoms with E-state index < -0.39 is 17.6 Å². The smallest absolute Gasteiger partial charge is 0.336 e. The maximum Gasteiger partial charge on any atom is 0.416 e. The molecule has 2 aromatic carbocycles. The minimum absolute atomic E-state index is 0.229. The summed E-state index contributed by atoms with van der Waals surface area (Å²) in [5, 5.41) is 0. The highest BCUT2D eigenvalue weighted by Gasteiger charge is 2.30. The number of amides is 1. The average Bonchev–Trinajstić information content (AvgIpc) is 2.63. The number of piperazine rings is 1. The predicted molar refractivity (Wildman–Crippen MR) is 93.8 cm³/mol. The molecule has 0 N–H and O–H groups in total. The van der Waals surface area contributed by atoms with Crippen LogP contribution in [-0.2, 0) is 12.7 Å². The first-order valence-electron chi connectivity index (χ1n) is 8.68. The highest BCUT2D eigenvalue weighted by Crippen LogP contribution is 2.29. The molecule has 0 aromatic heterocycles. The molecule has 0 aliphatic carbocycles. The molecule has 0 spiro atoms.